The summed E-state index contributed by atoms with van der Waals surface area (Å²) in [6.07, 6.45) is 13.8. The Bertz CT molecular complexity index is 631. The van der Waals surface area contributed by atoms with E-state index in [1.165, 1.54) is 70.8 Å². The Labute approximate surface area is 146 Å². The summed E-state index contributed by atoms with van der Waals surface area (Å²) >= 11 is 0. The third-order valence-electron chi connectivity index (χ3n) is 7.59. The smallest absolute Gasteiger partial charge is 0.119 e. The summed E-state index contributed by atoms with van der Waals surface area (Å²) in [4.78, 5) is 0. The summed E-state index contributed by atoms with van der Waals surface area (Å²) < 4.78 is 5.74. The van der Waals surface area contributed by atoms with Gasteiger partial charge in [0, 0.05) is 11.5 Å². The van der Waals surface area contributed by atoms with Crippen LogP contribution in [0, 0.1) is 11.8 Å². The van der Waals surface area contributed by atoms with Crippen molar-refractivity contribution in [3.8, 4) is 5.75 Å². The minimum Gasteiger partial charge on any atom is -0.497 e. The zero-order valence-corrected chi connectivity index (χ0v) is 15.1. The summed E-state index contributed by atoms with van der Waals surface area (Å²) in [5.74, 6) is 2.97. The highest BCUT2D eigenvalue weighted by Crippen LogP contribution is 2.55. The van der Waals surface area contributed by atoms with Crippen molar-refractivity contribution in [2.75, 3.05) is 13.7 Å². The van der Waals surface area contributed by atoms with E-state index in [1.807, 2.05) is 7.11 Å². The SMILES string of the molecule is COc1cc(CCC2CC2)c2c(c1)C13CCCCC1C(C2)NCC3. The first kappa shape index (κ1) is 15.3. The molecule has 0 spiro atoms. The molecule has 1 saturated heterocycles. The van der Waals surface area contributed by atoms with Crippen LogP contribution in [0.3, 0.4) is 0 Å². The zero-order valence-electron chi connectivity index (χ0n) is 15.1. The van der Waals surface area contributed by atoms with Gasteiger partial charge in [-0.2, -0.15) is 0 Å². The van der Waals surface area contributed by atoms with Crippen LogP contribution in [0.15, 0.2) is 12.1 Å². The molecule has 3 fully saturated rings. The molecule has 130 valence electrons. The van der Waals surface area contributed by atoms with Gasteiger partial charge in [0.2, 0.25) is 0 Å². The molecule has 0 radical (unpaired) electrons. The van der Waals surface area contributed by atoms with Gasteiger partial charge in [-0.3, -0.25) is 0 Å². The van der Waals surface area contributed by atoms with E-state index in [-0.39, 0.29) is 0 Å². The lowest BCUT2D eigenvalue weighted by atomic mass is 9.52. The summed E-state index contributed by atoms with van der Waals surface area (Å²) in [5, 5.41) is 3.89. The number of hydrogen-bond donors (Lipinski definition) is 1. The van der Waals surface area contributed by atoms with E-state index >= 15 is 0 Å². The van der Waals surface area contributed by atoms with Crippen molar-refractivity contribution >= 4 is 0 Å². The zero-order chi connectivity index (χ0) is 16.1. The molecule has 1 aromatic carbocycles. The maximum Gasteiger partial charge on any atom is 0.119 e. The van der Waals surface area contributed by atoms with E-state index in [2.05, 4.69) is 17.4 Å². The van der Waals surface area contributed by atoms with Crippen LogP contribution in [-0.4, -0.2) is 19.7 Å². The second-order valence-corrected chi connectivity index (χ2v) is 8.82. The first-order valence-electron chi connectivity index (χ1n) is 10.2. The third kappa shape index (κ3) is 2.33. The number of nitrogens with one attached hydrogen (secondary N) is 1. The number of benzene rings is 1. The van der Waals surface area contributed by atoms with Crippen molar-refractivity contribution < 1.29 is 4.74 Å². The minimum absolute atomic E-state index is 0.449. The first-order chi connectivity index (χ1) is 11.8. The molecule has 1 heterocycles. The monoisotopic (exact) mass is 325 g/mol. The second-order valence-electron chi connectivity index (χ2n) is 8.82. The third-order valence-corrected chi connectivity index (χ3v) is 7.59. The van der Waals surface area contributed by atoms with Crippen LogP contribution < -0.4 is 10.1 Å². The number of fused-ring (bicyclic) bond motifs is 1. The molecular weight excluding hydrogens is 294 g/mol. The highest BCUT2D eigenvalue weighted by molar-refractivity contribution is 5.50. The lowest BCUT2D eigenvalue weighted by Gasteiger charge is -2.56. The Hall–Kier alpha value is -1.02. The van der Waals surface area contributed by atoms with Crippen LogP contribution in [0.4, 0.5) is 0 Å². The van der Waals surface area contributed by atoms with E-state index in [0.29, 0.717) is 5.41 Å². The number of ether oxygens (including phenoxy) is 1. The molecule has 1 N–H and O–H groups in total. The molecule has 0 aromatic heterocycles. The van der Waals surface area contributed by atoms with Crippen molar-refractivity contribution in [1.29, 1.82) is 0 Å². The highest BCUT2D eigenvalue weighted by Gasteiger charge is 2.51. The molecule has 2 saturated carbocycles. The number of methoxy groups -OCH3 is 1. The van der Waals surface area contributed by atoms with E-state index in [0.717, 1.165) is 23.6 Å². The lowest BCUT2D eigenvalue weighted by molar-refractivity contribution is 0.0792. The average molecular weight is 325 g/mol. The van der Waals surface area contributed by atoms with Crippen molar-refractivity contribution in [2.24, 2.45) is 11.8 Å². The Morgan fingerprint density at radius 2 is 2.08 bits per heavy atom. The molecule has 4 aliphatic rings. The van der Waals surface area contributed by atoms with Crippen LogP contribution >= 0.6 is 0 Å². The summed E-state index contributed by atoms with van der Waals surface area (Å²) in [7, 11) is 1.84. The van der Waals surface area contributed by atoms with Gasteiger partial charge in [0.15, 0.2) is 0 Å². The quantitative estimate of drug-likeness (QED) is 0.887. The van der Waals surface area contributed by atoms with Gasteiger partial charge in [-0.1, -0.05) is 25.7 Å². The molecule has 3 unspecified atom stereocenters. The maximum absolute atomic E-state index is 5.74. The summed E-state index contributed by atoms with van der Waals surface area (Å²) in [6.45, 7) is 1.20. The molecule has 3 aliphatic carbocycles. The summed E-state index contributed by atoms with van der Waals surface area (Å²) in [6, 6.07) is 5.51. The van der Waals surface area contributed by atoms with Gasteiger partial charge < -0.3 is 10.1 Å². The fourth-order valence-electron chi connectivity index (χ4n) is 6.18. The fourth-order valence-corrected chi connectivity index (χ4v) is 6.18. The van der Waals surface area contributed by atoms with Crippen molar-refractivity contribution in [3.63, 3.8) is 0 Å². The van der Waals surface area contributed by atoms with Gasteiger partial charge in [0.25, 0.3) is 0 Å². The highest BCUT2D eigenvalue weighted by atomic mass is 16.5. The maximum atomic E-state index is 5.74. The van der Waals surface area contributed by atoms with Gasteiger partial charge in [-0.25, -0.2) is 0 Å². The van der Waals surface area contributed by atoms with Crippen LogP contribution in [-0.2, 0) is 18.3 Å². The Morgan fingerprint density at radius 3 is 2.92 bits per heavy atom. The number of rotatable bonds is 4. The summed E-state index contributed by atoms with van der Waals surface area (Å²) in [5.41, 5.74) is 5.44. The molecule has 3 atom stereocenters. The number of aryl methyl sites for hydroxylation is 1. The van der Waals surface area contributed by atoms with Crippen LogP contribution in [0.2, 0.25) is 0 Å². The van der Waals surface area contributed by atoms with Gasteiger partial charge in [-0.15, -0.1) is 0 Å². The normalized spacial score (nSPS) is 34.4. The first-order valence-corrected chi connectivity index (χ1v) is 10.2. The second kappa shape index (κ2) is 5.76. The Morgan fingerprint density at radius 1 is 1.17 bits per heavy atom. The molecule has 2 nitrogen and oxygen atoms in total. The molecule has 2 heteroatoms. The van der Waals surface area contributed by atoms with Crippen LogP contribution in [0.5, 0.6) is 5.75 Å². The molecule has 1 aromatic rings. The fraction of sp³-hybridized carbons (Fsp3) is 0.727. The van der Waals surface area contributed by atoms with E-state index in [1.54, 1.807) is 16.7 Å². The minimum atomic E-state index is 0.449. The van der Waals surface area contributed by atoms with E-state index < -0.39 is 0 Å². The largest absolute Gasteiger partial charge is 0.497 e. The number of hydrogen-bond acceptors (Lipinski definition) is 2. The topological polar surface area (TPSA) is 21.3 Å². The predicted octanol–water partition coefficient (Wildman–Crippen LogP) is 4.38. The van der Waals surface area contributed by atoms with Gasteiger partial charge in [0.1, 0.15) is 5.75 Å². The Balaban J connectivity index is 1.60. The van der Waals surface area contributed by atoms with Crippen molar-refractivity contribution in [1.82, 2.24) is 5.32 Å². The average Bonchev–Trinajstić information content (AvgIpc) is 3.44. The standard InChI is InChI=1S/C22H31NO/c1-24-17-12-16(8-7-15-5-6-15)18-14-21-19-4-2-3-9-22(19,10-11-23-21)20(18)13-17/h12-13,15,19,21,23H,2-11,14H2,1H3. The van der Waals surface area contributed by atoms with Crippen LogP contribution in [0.25, 0.3) is 0 Å². The molecule has 1 aliphatic heterocycles. The molecular formula is C22H31NO. The van der Waals surface area contributed by atoms with E-state index in [9.17, 15) is 0 Å². The number of piperidine rings is 1. The van der Waals surface area contributed by atoms with Gasteiger partial charge in [-0.05, 0) is 85.7 Å². The Kier molecular flexibility index (Phi) is 3.66. The lowest BCUT2D eigenvalue weighted by Crippen LogP contribution is -2.59. The van der Waals surface area contributed by atoms with Crippen LogP contribution in [0.1, 0.15) is 68.1 Å². The van der Waals surface area contributed by atoms with E-state index in [4.69, 9.17) is 4.74 Å². The molecule has 0 amide bonds. The molecule has 24 heavy (non-hydrogen) atoms. The predicted molar refractivity (Wildman–Crippen MR) is 97.8 cm³/mol. The molecule has 5 rings (SSSR count). The van der Waals surface area contributed by atoms with Gasteiger partial charge in [0.05, 0.1) is 7.11 Å². The van der Waals surface area contributed by atoms with Gasteiger partial charge >= 0.3 is 0 Å². The van der Waals surface area contributed by atoms with Crippen molar-refractivity contribution in [2.45, 2.75) is 75.7 Å². The molecule has 2 bridgehead atoms. The van der Waals surface area contributed by atoms with Crippen molar-refractivity contribution in [3.05, 3.63) is 28.8 Å².